The maximum atomic E-state index is 5.34. The van der Waals surface area contributed by atoms with Crippen LogP contribution < -0.4 is 21.3 Å². The van der Waals surface area contributed by atoms with E-state index in [9.17, 15) is 0 Å². The Morgan fingerprint density at radius 3 is 2.72 bits per heavy atom. The molecule has 0 spiro atoms. The number of nitrogens with two attached hydrogens (primary N) is 1. The number of aromatic nitrogens is 3. The summed E-state index contributed by atoms with van der Waals surface area (Å²) < 4.78 is 5.21. The van der Waals surface area contributed by atoms with E-state index in [-0.39, 0.29) is 0 Å². The predicted octanol–water partition coefficient (Wildman–Crippen LogP) is 0.778. The summed E-state index contributed by atoms with van der Waals surface area (Å²) in [5.41, 5.74) is 3.36. The number of rotatable bonds is 5. The van der Waals surface area contributed by atoms with E-state index in [2.05, 4.69) is 25.7 Å². The van der Waals surface area contributed by atoms with E-state index in [1.807, 2.05) is 18.2 Å². The minimum absolute atomic E-state index is 0.427. The molecule has 0 fully saturated rings. The second-order valence-electron chi connectivity index (χ2n) is 3.42. The lowest BCUT2D eigenvalue weighted by atomic mass is 10.3. The molecule has 94 valence electrons. The summed E-state index contributed by atoms with van der Waals surface area (Å²) in [5, 5.41) is 3.12. The number of ether oxygens (including phenoxy) is 1. The summed E-state index contributed by atoms with van der Waals surface area (Å²) >= 11 is 0. The van der Waals surface area contributed by atoms with Crippen LogP contribution in [0.4, 0.5) is 11.6 Å². The molecule has 7 nitrogen and oxygen atoms in total. The van der Waals surface area contributed by atoms with Crippen LogP contribution in [0.3, 0.4) is 0 Å². The van der Waals surface area contributed by atoms with Gasteiger partial charge in [-0.3, -0.25) is 4.98 Å². The summed E-state index contributed by atoms with van der Waals surface area (Å²) in [6.07, 6.45) is 3.14. The second-order valence-corrected chi connectivity index (χ2v) is 3.42. The van der Waals surface area contributed by atoms with Crippen LogP contribution in [0.5, 0.6) is 5.75 Å². The van der Waals surface area contributed by atoms with Gasteiger partial charge in [0, 0.05) is 6.20 Å². The number of nitrogens with one attached hydrogen (secondary N) is 2. The summed E-state index contributed by atoms with van der Waals surface area (Å²) in [6.45, 7) is 0.540. The van der Waals surface area contributed by atoms with E-state index in [0.29, 0.717) is 23.9 Å². The van der Waals surface area contributed by atoms with Crippen molar-refractivity contribution in [3.8, 4) is 5.75 Å². The van der Waals surface area contributed by atoms with E-state index in [4.69, 9.17) is 10.6 Å². The molecule has 4 N–H and O–H groups in total. The lowest BCUT2D eigenvalue weighted by molar-refractivity contribution is 0.414. The normalized spacial score (nSPS) is 9.89. The molecule has 0 aromatic carbocycles. The lowest BCUT2D eigenvalue weighted by Gasteiger charge is -2.12. The Bertz CT molecular complexity index is 504. The average Bonchev–Trinajstić information content (AvgIpc) is 2.45. The standard InChI is InChI=1S/C11H14N6O/c1-18-9-10(15-7-16-11(9)17-12)14-6-8-4-2-3-5-13-8/h2-5,7H,6,12H2,1H3,(H2,14,15,16,17). The van der Waals surface area contributed by atoms with Crippen LogP contribution in [0.2, 0.25) is 0 Å². The molecule has 2 rings (SSSR count). The first kappa shape index (κ1) is 12.1. The maximum absolute atomic E-state index is 5.34. The van der Waals surface area contributed by atoms with Crippen LogP contribution in [0.1, 0.15) is 5.69 Å². The summed E-state index contributed by atoms with van der Waals surface area (Å²) in [5.74, 6) is 6.80. The third kappa shape index (κ3) is 2.64. The fourth-order valence-corrected chi connectivity index (χ4v) is 1.47. The van der Waals surface area contributed by atoms with E-state index in [1.54, 1.807) is 6.20 Å². The first-order valence-electron chi connectivity index (χ1n) is 5.34. The van der Waals surface area contributed by atoms with E-state index in [1.165, 1.54) is 13.4 Å². The Balaban J connectivity index is 2.14. The SMILES string of the molecule is COc1c(NN)ncnc1NCc1ccccn1. The van der Waals surface area contributed by atoms with Gasteiger partial charge < -0.3 is 15.5 Å². The van der Waals surface area contributed by atoms with Crippen molar-refractivity contribution in [2.45, 2.75) is 6.54 Å². The fourth-order valence-electron chi connectivity index (χ4n) is 1.47. The molecule has 7 heteroatoms. The number of nitrogens with zero attached hydrogens (tertiary/aromatic N) is 3. The molecular weight excluding hydrogens is 232 g/mol. The maximum Gasteiger partial charge on any atom is 0.205 e. The quantitative estimate of drug-likeness (QED) is 0.529. The highest BCUT2D eigenvalue weighted by Gasteiger charge is 2.10. The number of nitrogen functional groups attached to an aromatic ring is 1. The highest BCUT2D eigenvalue weighted by Crippen LogP contribution is 2.28. The third-order valence-corrected chi connectivity index (χ3v) is 2.31. The zero-order valence-electron chi connectivity index (χ0n) is 9.92. The van der Waals surface area contributed by atoms with Gasteiger partial charge in [-0.2, -0.15) is 0 Å². The van der Waals surface area contributed by atoms with E-state index >= 15 is 0 Å². The first-order valence-corrected chi connectivity index (χ1v) is 5.34. The van der Waals surface area contributed by atoms with Crippen LogP contribution in [-0.4, -0.2) is 22.1 Å². The van der Waals surface area contributed by atoms with Gasteiger partial charge in [-0.05, 0) is 12.1 Å². The predicted molar refractivity (Wildman–Crippen MR) is 68.0 cm³/mol. The van der Waals surface area contributed by atoms with Crippen molar-refractivity contribution in [3.63, 3.8) is 0 Å². The van der Waals surface area contributed by atoms with Gasteiger partial charge in [0.2, 0.25) is 5.75 Å². The number of hydrazine groups is 1. The van der Waals surface area contributed by atoms with Crippen LogP contribution in [0, 0.1) is 0 Å². The van der Waals surface area contributed by atoms with Gasteiger partial charge in [0.05, 0.1) is 19.3 Å². The zero-order valence-corrected chi connectivity index (χ0v) is 9.92. The Morgan fingerprint density at radius 2 is 2.06 bits per heavy atom. The lowest BCUT2D eigenvalue weighted by Crippen LogP contribution is -2.12. The number of hydrogen-bond donors (Lipinski definition) is 3. The molecule has 0 aliphatic rings. The van der Waals surface area contributed by atoms with Gasteiger partial charge in [0.15, 0.2) is 11.6 Å². The van der Waals surface area contributed by atoms with Gasteiger partial charge >= 0.3 is 0 Å². The number of anilines is 2. The van der Waals surface area contributed by atoms with Crippen molar-refractivity contribution in [1.29, 1.82) is 0 Å². The van der Waals surface area contributed by atoms with E-state index in [0.717, 1.165) is 5.69 Å². The number of hydrogen-bond acceptors (Lipinski definition) is 7. The van der Waals surface area contributed by atoms with E-state index < -0.39 is 0 Å². The number of methoxy groups -OCH3 is 1. The van der Waals surface area contributed by atoms with Gasteiger partial charge in [-0.25, -0.2) is 15.8 Å². The van der Waals surface area contributed by atoms with Gasteiger partial charge in [0.1, 0.15) is 6.33 Å². The third-order valence-electron chi connectivity index (χ3n) is 2.31. The van der Waals surface area contributed by atoms with Gasteiger partial charge in [-0.15, -0.1) is 0 Å². The molecule has 0 saturated heterocycles. The van der Waals surface area contributed by atoms with Crippen molar-refractivity contribution in [1.82, 2.24) is 15.0 Å². The molecule has 18 heavy (non-hydrogen) atoms. The molecule has 2 heterocycles. The van der Waals surface area contributed by atoms with Gasteiger partial charge in [-0.1, -0.05) is 6.07 Å². The zero-order chi connectivity index (χ0) is 12.8. The Labute approximate surface area is 104 Å². The molecule has 0 amide bonds. The average molecular weight is 246 g/mol. The number of pyridine rings is 1. The van der Waals surface area contributed by atoms with Crippen LogP contribution in [0.25, 0.3) is 0 Å². The molecule has 0 radical (unpaired) electrons. The van der Waals surface area contributed by atoms with Crippen molar-refractivity contribution < 1.29 is 4.74 Å². The molecule has 2 aromatic rings. The molecule has 0 aliphatic carbocycles. The minimum atomic E-state index is 0.427. The van der Waals surface area contributed by atoms with Crippen LogP contribution in [-0.2, 0) is 6.54 Å². The van der Waals surface area contributed by atoms with Crippen molar-refractivity contribution in [2.24, 2.45) is 5.84 Å². The molecule has 0 saturated carbocycles. The van der Waals surface area contributed by atoms with Crippen LogP contribution in [0.15, 0.2) is 30.7 Å². The van der Waals surface area contributed by atoms with Crippen molar-refractivity contribution >= 4 is 11.6 Å². The Kier molecular flexibility index (Phi) is 3.87. The second kappa shape index (κ2) is 5.78. The summed E-state index contributed by atoms with van der Waals surface area (Å²) in [7, 11) is 1.53. The first-order chi connectivity index (χ1) is 8.85. The van der Waals surface area contributed by atoms with Gasteiger partial charge in [0.25, 0.3) is 0 Å². The smallest absolute Gasteiger partial charge is 0.205 e. The minimum Gasteiger partial charge on any atom is -0.490 e. The monoisotopic (exact) mass is 246 g/mol. The molecule has 0 atom stereocenters. The summed E-state index contributed by atoms with van der Waals surface area (Å²) in [4.78, 5) is 12.3. The highest BCUT2D eigenvalue weighted by molar-refractivity contribution is 5.62. The van der Waals surface area contributed by atoms with Crippen molar-refractivity contribution in [2.75, 3.05) is 17.9 Å². The topological polar surface area (TPSA) is 98.0 Å². The molecule has 2 aromatic heterocycles. The van der Waals surface area contributed by atoms with Crippen molar-refractivity contribution in [3.05, 3.63) is 36.4 Å². The highest BCUT2D eigenvalue weighted by atomic mass is 16.5. The summed E-state index contributed by atoms with van der Waals surface area (Å²) in [6, 6.07) is 5.71. The molecule has 0 bridgehead atoms. The largest absolute Gasteiger partial charge is 0.490 e. The van der Waals surface area contributed by atoms with Crippen LogP contribution >= 0.6 is 0 Å². The molecule has 0 unspecified atom stereocenters. The Hall–Kier alpha value is -2.41. The fraction of sp³-hybridized carbons (Fsp3) is 0.182. The Morgan fingerprint density at radius 1 is 1.22 bits per heavy atom. The molecular formula is C11H14N6O. The molecule has 0 aliphatic heterocycles.